The highest BCUT2D eigenvalue weighted by Gasteiger charge is 2.37. The molecule has 2 aromatic carbocycles. The van der Waals surface area contributed by atoms with Crippen LogP contribution in [0.2, 0.25) is 0 Å². The first kappa shape index (κ1) is 27.5. The normalized spacial score (nSPS) is 11.6. The second-order valence-electron chi connectivity index (χ2n) is 8.63. The van der Waals surface area contributed by atoms with Crippen LogP contribution in [0.4, 0.5) is 11.4 Å². The molecule has 0 fully saturated rings. The lowest BCUT2D eigenvalue weighted by molar-refractivity contribution is -0.122. The Hall–Kier alpha value is -4.12. The number of nitrogens with zero attached hydrogens (tertiary/aromatic N) is 2. The Balaban J connectivity index is 2.20. The molecule has 1 atom stereocenters. The zero-order valence-electron chi connectivity index (χ0n) is 21.2. The average Bonchev–Trinajstić information content (AvgIpc) is 3.28. The maximum absolute atomic E-state index is 14.1. The van der Waals surface area contributed by atoms with Gasteiger partial charge in [-0.2, -0.15) is 4.37 Å². The van der Waals surface area contributed by atoms with Crippen LogP contribution in [0.5, 0.6) is 11.5 Å². The average molecular weight is 526 g/mol. The van der Waals surface area contributed by atoms with Gasteiger partial charge in [-0.1, -0.05) is 38.1 Å². The summed E-state index contributed by atoms with van der Waals surface area (Å²) in [6.45, 7) is 4.53. The van der Waals surface area contributed by atoms with Crippen LogP contribution in [0.3, 0.4) is 0 Å². The van der Waals surface area contributed by atoms with Crippen molar-refractivity contribution in [2.45, 2.75) is 26.3 Å². The van der Waals surface area contributed by atoms with Gasteiger partial charge in [-0.3, -0.25) is 19.3 Å². The minimum atomic E-state index is -1.11. The van der Waals surface area contributed by atoms with Crippen LogP contribution in [0.1, 0.15) is 52.0 Å². The van der Waals surface area contributed by atoms with Crippen LogP contribution in [-0.2, 0) is 4.79 Å². The van der Waals surface area contributed by atoms with E-state index in [4.69, 9.17) is 20.9 Å². The second-order valence-corrected chi connectivity index (χ2v) is 9.41. The molecule has 0 unspecified atom stereocenters. The fourth-order valence-electron chi connectivity index (χ4n) is 3.72. The van der Waals surface area contributed by atoms with Crippen molar-refractivity contribution in [3.63, 3.8) is 0 Å². The Morgan fingerprint density at radius 1 is 1.05 bits per heavy atom. The number of benzene rings is 2. The van der Waals surface area contributed by atoms with Gasteiger partial charge in [0, 0.05) is 6.54 Å². The molecule has 0 aliphatic heterocycles. The molecule has 1 aromatic heterocycles. The molecule has 0 saturated carbocycles. The molecule has 10 nitrogen and oxygen atoms in total. The summed E-state index contributed by atoms with van der Waals surface area (Å²) in [5.41, 5.74) is 12.0. The van der Waals surface area contributed by atoms with E-state index in [0.29, 0.717) is 35.2 Å². The van der Waals surface area contributed by atoms with E-state index in [1.807, 2.05) is 0 Å². The number of methoxy groups -OCH3 is 2. The molecule has 0 spiro atoms. The number of carbonyl (C=O) groups excluding carboxylic acids is 3. The first-order chi connectivity index (χ1) is 17.7. The molecule has 3 rings (SSSR count). The first-order valence-corrected chi connectivity index (χ1v) is 12.4. The predicted molar refractivity (Wildman–Crippen MR) is 143 cm³/mol. The zero-order valence-corrected chi connectivity index (χ0v) is 22.0. The van der Waals surface area contributed by atoms with Gasteiger partial charge in [0.1, 0.15) is 22.4 Å². The van der Waals surface area contributed by atoms with E-state index < -0.39 is 23.8 Å². The smallest absolute Gasteiger partial charge is 0.273 e. The molecule has 11 heteroatoms. The monoisotopic (exact) mass is 525 g/mol. The van der Waals surface area contributed by atoms with Crippen LogP contribution in [0.25, 0.3) is 0 Å². The van der Waals surface area contributed by atoms with Crippen molar-refractivity contribution >= 4 is 40.6 Å². The van der Waals surface area contributed by atoms with E-state index >= 15 is 0 Å². The summed E-state index contributed by atoms with van der Waals surface area (Å²) < 4.78 is 14.8. The number of amides is 3. The Morgan fingerprint density at radius 3 is 2.30 bits per heavy atom. The molecule has 5 N–H and O–H groups in total. The Bertz CT molecular complexity index is 1260. The summed E-state index contributed by atoms with van der Waals surface area (Å²) >= 11 is 0.742. The quantitative estimate of drug-likeness (QED) is 0.347. The molecule has 3 aromatic rings. The van der Waals surface area contributed by atoms with E-state index in [1.165, 1.54) is 12.0 Å². The van der Waals surface area contributed by atoms with Crippen molar-refractivity contribution < 1.29 is 23.9 Å². The number of anilines is 2. The number of hydrogen-bond acceptors (Lipinski definition) is 8. The lowest BCUT2D eigenvalue weighted by Gasteiger charge is -2.32. The largest absolute Gasteiger partial charge is 0.497 e. The molecular weight excluding hydrogens is 494 g/mol. The number of nitrogens with one attached hydrogen (secondary N) is 1. The van der Waals surface area contributed by atoms with Gasteiger partial charge in [-0.15, -0.1) is 0 Å². The molecule has 0 bridgehead atoms. The molecule has 3 amide bonds. The summed E-state index contributed by atoms with van der Waals surface area (Å²) in [6, 6.07) is 12.6. The van der Waals surface area contributed by atoms with E-state index in [1.54, 1.807) is 55.6 Å². The van der Waals surface area contributed by atoms with Gasteiger partial charge in [0.15, 0.2) is 5.69 Å². The predicted octanol–water partition coefficient (Wildman–Crippen LogP) is 3.39. The highest BCUT2D eigenvalue weighted by molar-refractivity contribution is 7.09. The number of nitrogen functional groups attached to an aromatic ring is 1. The molecule has 0 radical (unpaired) electrons. The number of para-hydroxylation sites is 2. The Labute approximate surface area is 219 Å². The van der Waals surface area contributed by atoms with Crippen LogP contribution < -0.4 is 31.2 Å². The fourth-order valence-corrected chi connectivity index (χ4v) is 4.46. The number of primary amides is 1. The van der Waals surface area contributed by atoms with Crippen LogP contribution >= 0.6 is 11.5 Å². The van der Waals surface area contributed by atoms with Crippen LogP contribution in [0, 0.1) is 5.92 Å². The standard InChI is InChI=1S/C26H31N5O5S/c1-15(2)13-14-29-25(33)22(16-9-11-17(35-3)12-10-16)31(18-7-5-6-8-19(18)36-4)26(34)23-20(27)21(24(28)32)30-37-23/h5-12,15,22H,13-14,27H2,1-4H3,(H2,28,32)(H,29,33)/t22-/m1/s1. The van der Waals surface area contributed by atoms with Crippen molar-refractivity contribution in [2.75, 3.05) is 31.4 Å². The number of aromatic nitrogens is 1. The summed E-state index contributed by atoms with van der Waals surface area (Å²) in [7, 11) is 3.01. The van der Waals surface area contributed by atoms with Crippen LogP contribution in [-0.4, -0.2) is 42.9 Å². The number of rotatable bonds is 11. The van der Waals surface area contributed by atoms with Crippen LogP contribution in [0.15, 0.2) is 48.5 Å². The summed E-state index contributed by atoms with van der Waals surface area (Å²) in [5.74, 6) is -0.556. The highest BCUT2D eigenvalue weighted by Crippen LogP contribution is 2.38. The van der Waals surface area contributed by atoms with Gasteiger partial charge in [0.2, 0.25) is 5.91 Å². The topological polar surface area (TPSA) is 150 Å². The third-order valence-corrected chi connectivity index (χ3v) is 6.53. The maximum atomic E-state index is 14.1. The van der Waals surface area contributed by atoms with Gasteiger partial charge in [0.25, 0.3) is 11.8 Å². The van der Waals surface area contributed by atoms with Crippen molar-refractivity contribution in [3.05, 3.63) is 64.7 Å². The Kier molecular flexibility index (Phi) is 9.07. The fraction of sp³-hybridized carbons (Fsp3) is 0.308. The SMILES string of the molecule is COc1ccc([C@H](C(=O)NCCC(C)C)N(C(=O)c2snc(C(N)=O)c2N)c2ccccc2OC)cc1. The van der Waals surface area contributed by atoms with Crippen molar-refractivity contribution in [2.24, 2.45) is 11.7 Å². The van der Waals surface area contributed by atoms with Gasteiger partial charge in [-0.25, -0.2) is 0 Å². The summed E-state index contributed by atoms with van der Waals surface area (Å²) in [4.78, 5) is 40.9. The van der Waals surface area contributed by atoms with Gasteiger partial charge in [-0.05, 0) is 53.7 Å². The van der Waals surface area contributed by atoms with Gasteiger partial charge < -0.3 is 26.3 Å². The molecular formula is C26H31N5O5S. The Morgan fingerprint density at radius 2 is 1.73 bits per heavy atom. The lowest BCUT2D eigenvalue weighted by atomic mass is 10.0. The number of carbonyl (C=O) groups is 3. The minimum absolute atomic E-state index is 0.0202. The van der Waals surface area contributed by atoms with E-state index in [0.717, 1.165) is 18.0 Å². The van der Waals surface area contributed by atoms with Crippen molar-refractivity contribution in [1.82, 2.24) is 9.69 Å². The second kappa shape index (κ2) is 12.2. The van der Waals surface area contributed by atoms with Gasteiger partial charge in [0.05, 0.1) is 25.6 Å². The third-order valence-electron chi connectivity index (χ3n) is 5.68. The molecule has 1 heterocycles. The lowest BCUT2D eigenvalue weighted by Crippen LogP contribution is -2.44. The third kappa shape index (κ3) is 6.18. The zero-order chi connectivity index (χ0) is 27.1. The summed E-state index contributed by atoms with van der Waals surface area (Å²) in [5, 5.41) is 2.95. The maximum Gasteiger partial charge on any atom is 0.273 e. The number of hydrogen-bond donors (Lipinski definition) is 3. The molecule has 0 saturated heterocycles. The molecule has 37 heavy (non-hydrogen) atoms. The molecule has 0 aliphatic carbocycles. The van der Waals surface area contributed by atoms with E-state index in [9.17, 15) is 14.4 Å². The number of nitrogens with two attached hydrogens (primary N) is 2. The minimum Gasteiger partial charge on any atom is -0.497 e. The van der Waals surface area contributed by atoms with E-state index in [2.05, 4.69) is 23.5 Å². The van der Waals surface area contributed by atoms with Crippen molar-refractivity contribution in [3.8, 4) is 11.5 Å². The van der Waals surface area contributed by atoms with Crippen molar-refractivity contribution in [1.29, 1.82) is 0 Å². The highest BCUT2D eigenvalue weighted by atomic mass is 32.1. The van der Waals surface area contributed by atoms with Gasteiger partial charge >= 0.3 is 0 Å². The molecule has 196 valence electrons. The van der Waals surface area contributed by atoms with E-state index in [-0.39, 0.29) is 16.3 Å². The first-order valence-electron chi connectivity index (χ1n) is 11.6. The summed E-state index contributed by atoms with van der Waals surface area (Å²) in [6.07, 6.45) is 0.757. The number of ether oxygens (including phenoxy) is 2. The molecule has 0 aliphatic rings.